The van der Waals surface area contributed by atoms with Crippen molar-refractivity contribution in [2.75, 3.05) is 31.4 Å². The van der Waals surface area contributed by atoms with Gasteiger partial charge in [-0.25, -0.2) is 14.5 Å². The number of hydrogen-bond donors (Lipinski definition) is 2. The highest BCUT2D eigenvalue weighted by Gasteiger charge is 2.23. The van der Waals surface area contributed by atoms with Gasteiger partial charge in [-0.3, -0.25) is 0 Å². The van der Waals surface area contributed by atoms with E-state index in [0.717, 1.165) is 16.7 Å². The van der Waals surface area contributed by atoms with Gasteiger partial charge in [0, 0.05) is 38.0 Å². The second-order valence-corrected chi connectivity index (χ2v) is 9.85. The summed E-state index contributed by atoms with van der Waals surface area (Å²) in [6.45, 7) is 5.94. The third-order valence-electron chi connectivity index (χ3n) is 5.07. The maximum absolute atomic E-state index is 12.9. The van der Waals surface area contributed by atoms with Crippen LogP contribution in [0.25, 0.3) is 11.1 Å². The molecule has 0 radical (unpaired) electrons. The van der Waals surface area contributed by atoms with Crippen LogP contribution in [0.3, 0.4) is 0 Å². The number of sulfonamides is 1. The molecule has 0 aliphatic rings. The second-order valence-electron chi connectivity index (χ2n) is 8.22. The average molecular weight is 485 g/mol. The van der Waals surface area contributed by atoms with Gasteiger partial charge in [-0.05, 0) is 36.1 Å². The highest BCUT2D eigenvalue weighted by atomic mass is 32.2. The summed E-state index contributed by atoms with van der Waals surface area (Å²) < 4.78 is 32.9. The van der Waals surface area contributed by atoms with Crippen molar-refractivity contribution >= 4 is 27.4 Å². The van der Waals surface area contributed by atoms with Gasteiger partial charge >= 0.3 is 6.03 Å². The first kappa shape index (κ1) is 24.9. The Bertz CT molecular complexity index is 1310. The van der Waals surface area contributed by atoms with E-state index in [1.807, 2.05) is 37.6 Å². The number of methoxy groups -OCH3 is 1. The molecular formula is C23H28N6O4S. The van der Waals surface area contributed by atoms with Crippen molar-refractivity contribution in [1.82, 2.24) is 19.9 Å². The lowest BCUT2D eigenvalue weighted by Crippen LogP contribution is -2.35. The number of carbonyl (C=O) groups excluding carboxylic acids is 1. The fourth-order valence-electron chi connectivity index (χ4n) is 3.35. The first-order valence-electron chi connectivity index (χ1n) is 10.5. The van der Waals surface area contributed by atoms with Crippen LogP contribution >= 0.6 is 0 Å². The SMILES string of the molecule is COc1cc(-c2cc(C)cc(C(C)C)c2NC(=O)NS(=O)(=O)c2cc(N(C)C)cnn2)ccn1. The molecule has 180 valence electrons. The molecule has 10 nitrogen and oxygen atoms in total. The van der Waals surface area contributed by atoms with E-state index in [4.69, 9.17) is 4.74 Å². The Hall–Kier alpha value is -3.73. The zero-order valence-corrected chi connectivity index (χ0v) is 20.8. The summed E-state index contributed by atoms with van der Waals surface area (Å²) in [4.78, 5) is 18.7. The van der Waals surface area contributed by atoms with E-state index in [1.165, 1.54) is 19.4 Å². The van der Waals surface area contributed by atoms with Gasteiger partial charge in [0.15, 0.2) is 5.03 Å². The number of ether oxygens (including phenoxy) is 1. The van der Waals surface area contributed by atoms with Gasteiger partial charge in [0.2, 0.25) is 5.88 Å². The fourth-order valence-corrected chi connectivity index (χ4v) is 4.18. The summed E-state index contributed by atoms with van der Waals surface area (Å²) in [5, 5.41) is 9.77. The summed E-state index contributed by atoms with van der Waals surface area (Å²) in [6, 6.07) is 7.84. The van der Waals surface area contributed by atoms with Crippen molar-refractivity contribution in [3.63, 3.8) is 0 Å². The molecule has 2 amide bonds. The predicted molar refractivity (Wildman–Crippen MR) is 131 cm³/mol. The van der Waals surface area contributed by atoms with Crippen molar-refractivity contribution in [3.8, 4) is 17.0 Å². The molecule has 2 heterocycles. The molecular weight excluding hydrogens is 456 g/mol. The number of amides is 2. The van der Waals surface area contributed by atoms with E-state index in [9.17, 15) is 13.2 Å². The summed E-state index contributed by atoms with van der Waals surface area (Å²) in [7, 11) is 0.752. The molecule has 0 saturated carbocycles. The zero-order valence-electron chi connectivity index (χ0n) is 19.9. The molecule has 3 rings (SSSR count). The molecule has 2 aromatic heterocycles. The molecule has 0 aliphatic carbocycles. The number of pyridine rings is 1. The highest BCUT2D eigenvalue weighted by Crippen LogP contribution is 2.37. The van der Waals surface area contributed by atoms with E-state index in [-0.39, 0.29) is 10.9 Å². The summed E-state index contributed by atoms with van der Waals surface area (Å²) in [5.74, 6) is 0.472. The maximum atomic E-state index is 12.9. The van der Waals surface area contributed by atoms with Crippen LogP contribution in [0.5, 0.6) is 5.88 Å². The molecule has 3 aromatic rings. The standard InChI is InChI=1S/C23H28N6O4S/c1-14(2)18-9-15(3)10-19(16-7-8-24-20(11-16)33-6)22(18)26-23(30)28-34(31,32)21-12-17(29(4)5)13-25-27-21/h7-14H,1-6H3,(H2,26,28,30). The molecule has 2 N–H and O–H groups in total. The Morgan fingerprint density at radius 1 is 1.15 bits per heavy atom. The molecule has 0 fully saturated rings. The molecule has 0 spiro atoms. The number of benzene rings is 1. The van der Waals surface area contributed by atoms with Crippen molar-refractivity contribution in [1.29, 1.82) is 0 Å². The normalized spacial score (nSPS) is 11.3. The van der Waals surface area contributed by atoms with Gasteiger partial charge in [-0.1, -0.05) is 25.5 Å². The van der Waals surface area contributed by atoms with Gasteiger partial charge < -0.3 is 15.0 Å². The molecule has 0 atom stereocenters. The average Bonchev–Trinajstić information content (AvgIpc) is 2.79. The Labute approximate surface area is 199 Å². The largest absolute Gasteiger partial charge is 0.481 e. The Morgan fingerprint density at radius 2 is 1.88 bits per heavy atom. The lowest BCUT2D eigenvalue weighted by Gasteiger charge is -2.20. The second kappa shape index (κ2) is 10.0. The first-order chi connectivity index (χ1) is 16.0. The Kier molecular flexibility index (Phi) is 7.35. The lowest BCUT2D eigenvalue weighted by molar-refractivity contribution is 0.256. The number of anilines is 2. The van der Waals surface area contributed by atoms with Crippen LogP contribution in [0.4, 0.5) is 16.2 Å². The van der Waals surface area contributed by atoms with Crippen molar-refractivity contribution in [3.05, 3.63) is 53.9 Å². The number of hydrogen-bond acceptors (Lipinski definition) is 8. The number of nitrogens with zero attached hydrogens (tertiary/aromatic N) is 4. The van der Waals surface area contributed by atoms with Gasteiger partial charge in [0.05, 0.1) is 24.7 Å². The van der Waals surface area contributed by atoms with Crippen LogP contribution in [-0.4, -0.2) is 50.8 Å². The van der Waals surface area contributed by atoms with Crippen molar-refractivity contribution in [2.24, 2.45) is 0 Å². The Morgan fingerprint density at radius 3 is 2.53 bits per heavy atom. The minimum Gasteiger partial charge on any atom is -0.481 e. The van der Waals surface area contributed by atoms with Crippen molar-refractivity contribution < 1.29 is 17.9 Å². The third kappa shape index (κ3) is 5.60. The van der Waals surface area contributed by atoms with E-state index in [2.05, 4.69) is 20.5 Å². The summed E-state index contributed by atoms with van der Waals surface area (Å²) in [5.41, 5.74) is 4.35. The summed E-state index contributed by atoms with van der Waals surface area (Å²) in [6.07, 6.45) is 3.03. The zero-order chi connectivity index (χ0) is 25.0. The van der Waals surface area contributed by atoms with E-state index in [1.54, 1.807) is 37.3 Å². The third-order valence-corrected chi connectivity index (χ3v) is 6.27. The van der Waals surface area contributed by atoms with Gasteiger partial charge in [-0.15, -0.1) is 5.10 Å². The van der Waals surface area contributed by atoms with E-state index in [0.29, 0.717) is 22.8 Å². The Balaban J connectivity index is 1.99. The summed E-state index contributed by atoms with van der Waals surface area (Å²) >= 11 is 0. The van der Waals surface area contributed by atoms with Crippen LogP contribution in [-0.2, 0) is 10.0 Å². The minimum atomic E-state index is -4.26. The molecule has 0 aliphatic heterocycles. The van der Waals surface area contributed by atoms with Crippen molar-refractivity contribution in [2.45, 2.75) is 31.7 Å². The smallest absolute Gasteiger partial charge is 0.333 e. The van der Waals surface area contributed by atoms with Crippen LogP contribution in [0.1, 0.15) is 30.9 Å². The number of rotatable bonds is 7. The first-order valence-corrected chi connectivity index (χ1v) is 12.0. The maximum Gasteiger partial charge on any atom is 0.333 e. The molecule has 0 bridgehead atoms. The predicted octanol–water partition coefficient (Wildman–Crippen LogP) is 3.56. The van der Waals surface area contributed by atoms with Crippen LogP contribution in [0, 0.1) is 6.92 Å². The van der Waals surface area contributed by atoms with E-state index >= 15 is 0 Å². The number of aryl methyl sites for hydroxylation is 1. The van der Waals surface area contributed by atoms with Gasteiger partial charge in [-0.2, -0.15) is 13.5 Å². The quantitative estimate of drug-likeness (QED) is 0.521. The number of carbonyl (C=O) groups is 1. The van der Waals surface area contributed by atoms with Gasteiger partial charge in [0.1, 0.15) is 0 Å². The highest BCUT2D eigenvalue weighted by molar-refractivity contribution is 7.90. The minimum absolute atomic E-state index is 0.0527. The number of aromatic nitrogens is 3. The van der Waals surface area contributed by atoms with Crippen LogP contribution in [0.2, 0.25) is 0 Å². The number of urea groups is 1. The molecule has 1 aromatic carbocycles. The fraction of sp³-hybridized carbons (Fsp3) is 0.304. The monoisotopic (exact) mass is 484 g/mol. The lowest BCUT2D eigenvalue weighted by atomic mass is 9.92. The van der Waals surface area contributed by atoms with E-state index < -0.39 is 16.1 Å². The van der Waals surface area contributed by atoms with Crippen LogP contribution < -0.4 is 19.7 Å². The molecule has 0 unspecified atom stereocenters. The topological polar surface area (TPSA) is 126 Å². The molecule has 0 saturated heterocycles. The number of nitrogens with one attached hydrogen (secondary N) is 2. The van der Waals surface area contributed by atoms with Crippen LogP contribution in [0.15, 0.2) is 47.8 Å². The molecule has 11 heteroatoms. The van der Waals surface area contributed by atoms with Gasteiger partial charge in [0.25, 0.3) is 10.0 Å². The molecule has 34 heavy (non-hydrogen) atoms.